The molecule has 128 valence electrons. The molecule has 0 bridgehead atoms. The summed E-state index contributed by atoms with van der Waals surface area (Å²) in [5.74, 6) is 0. The topological polar surface area (TPSA) is 19.4 Å². The van der Waals surface area contributed by atoms with Crippen molar-refractivity contribution >= 4 is 32.8 Å². The van der Waals surface area contributed by atoms with E-state index in [0.717, 1.165) is 38.2 Å². The van der Waals surface area contributed by atoms with Crippen molar-refractivity contribution in [3.63, 3.8) is 0 Å². The first-order chi connectivity index (χ1) is 12.3. The number of hydrogen-bond acceptors (Lipinski definition) is 4. The van der Waals surface area contributed by atoms with Gasteiger partial charge in [-0.25, -0.2) is 4.98 Å². The van der Waals surface area contributed by atoms with Crippen LogP contribution in [0.2, 0.25) is 0 Å². The third kappa shape index (κ3) is 3.91. The first kappa shape index (κ1) is 16.3. The summed E-state index contributed by atoms with van der Waals surface area (Å²) in [5, 5.41) is 1.17. The van der Waals surface area contributed by atoms with Crippen LogP contribution in [0.1, 0.15) is 11.1 Å². The summed E-state index contributed by atoms with van der Waals surface area (Å²) in [6.45, 7) is 7.44. The normalized spacial score (nSPS) is 16.1. The van der Waals surface area contributed by atoms with E-state index in [1.54, 1.807) is 0 Å². The minimum atomic E-state index is 1.02. The molecular formula is C21H23N3S. The highest BCUT2D eigenvalue weighted by molar-refractivity contribution is 7.22. The number of benzene rings is 2. The number of aromatic nitrogens is 1. The quantitative estimate of drug-likeness (QED) is 0.694. The van der Waals surface area contributed by atoms with Crippen molar-refractivity contribution in [2.45, 2.75) is 6.92 Å². The maximum Gasteiger partial charge on any atom is 0.186 e. The van der Waals surface area contributed by atoms with E-state index in [-0.39, 0.29) is 0 Å². The van der Waals surface area contributed by atoms with Crippen molar-refractivity contribution in [3.05, 3.63) is 65.7 Å². The third-order valence-electron chi connectivity index (χ3n) is 4.65. The molecule has 1 fully saturated rings. The van der Waals surface area contributed by atoms with Gasteiger partial charge in [-0.2, -0.15) is 0 Å². The lowest BCUT2D eigenvalue weighted by Crippen LogP contribution is -2.46. The summed E-state index contributed by atoms with van der Waals surface area (Å²) in [7, 11) is 0. The Bertz CT molecular complexity index is 861. The molecule has 0 radical (unpaired) electrons. The van der Waals surface area contributed by atoms with E-state index in [1.165, 1.54) is 21.0 Å². The fraction of sp³-hybridized carbons (Fsp3) is 0.286. The van der Waals surface area contributed by atoms with Crippen LogP contribution in [0.25, 0.3) is 16.3 Å². The lowest BCUT2D eigenvalue weighted by atomic mass is 10.2. The average molecular weight is 350 g/mol. The molecule has 2 heterocycles. The van der Waals surface area contributed by atoms with Crippen LogP contribution in [-0.4, -0.2) is 42.6 Å². The van der Waals surface area contributed by atoms with Crippen LogP contribution in [0.4, 0.5) is 5.13 Å². The molecule has 1 saturated heterocycles. The van der Waals surface area contributed by atoms with Gasteiger partial charge in [0, 0.05) is 32.7 Å². The first-order valence-corrected chi connectivity index (χ1v) is 9.66. The number of thiazole rings is 1. The fourth-order valence-electron chi connectivity index (χ4n) is 3.18. The Labute approximate surface area is 153 Å². The predicted octanol–water partition coefficient (Wildman–Crippen LogP) is 4.44. The van der Waals surface area contributed by atoms with Gasteiger partial charge in [0.1, 0.15) is 0 Å². The Hall–Kier alpha value is -2.17. The zero-order valence-electron chi connectivity index (χ0n) is 14.6. The van der Waals surface area contributed by atoms with Crippen LogP contribution in [0, 0.1) is 6.92 Å². The predicted molar refractivity (Wildman–Crippen MR) is 108 cm³/mol. The highest BCUT2D eigenvalue weighted by Gasteiger charge is 2.19. The van der Waals surface area contributed by atoms with Gasteiger partial charge < -0.3 is 4.90 Å². The second-order valence-corrected chi connectivity index (χ2v) is 7.58. The minimum absolute atomic E-state index is 1.02. The Kier molecular flexibility index (Phi) is 4.81. The van der Waals surface area contributed by atoms with Crippen molar-refractivity contribution in [3.8, 4) is 0 Å². The average Bonchev–Trinajstić information content (AvgIpc) is 3.06. The molecule has 1 aliphatic rings. The van der Waals surface area contributed by atoms with Crippen LogP contribution < -0.4 is 4.90 Å². The summed E-state index contributed by atoms with van der Waals surface area (Å²) in [6, 6.07) is 17.0. The summed E-state index contributed by atoms with van der Waals surface area (Å²) in [4.78, 5) is 9.75. The number of hydrogen-bond donors (Lipinski definition) is 0. The van der Waals surface area contributed by atoms with E-state index < -0.39 is 0 Å². The van der Waals surface area contributed by atoms with Crippen LogP contribution in [0.5, 0.6) is 0 Å². The molecule has 2 aromatic carbocycles. The molecule has 3 aromatic rings. The van der Waals surface area contributed by atoms with Crippen LogP contribution in [0.3, 0.4) is 0 Å². The van der Waals surface area contributed by atoms with Crippen molar-refractivity contribution in [1.82, 2.24) is 9.88 Å². The molecule has 0 unspecified atom stereocenters. The van der Waals surface area contributed by atoms with Gasteiger partial charge in [0.25, 0.3) is 0 Å². The summed E-state index contributed by atoms with van der Waals surface area (Å²) < 4.78 is 1.29. The maximum atomic E-state index is 4.82. The monoisotopic (exact) mass is 349 g/mol. The van der Waals surface area contributed by atoms with E-state index in [9.17, 15) is 0 Å². The summed E-state index contributed by atoms with van der Waals surface area (Å²) in [5.41, 5.74) is 3.70. The lowest BCUT2D eigenvalue weighted by molar-refractivity contribution is 0.284. The van der Waals surface area contributed by atoms with Crippen molar-refractivity contribution in [1.29, 1.82) is 0 Å². The van der Waals surface area contributed by atoms with Crippen LogP contribution >= 0.6 is 11.3 Å². The zero-order valence-corrected chi connectivity index (χ0v) is 15.4. The van der Waals surface area contributed by atoms with E-state index in [1.807, 2.05) is 11.3 Å². The van der Waals surface area contributed by atoms with Gasteiger partial charge >= 0.3 is 0 Å². The zero-order chi connectivity index (χ0) is 17.1. The molecule has 0 saturated carbocycles. The molecule has 0 amide bonds. The first-order valence-electron chi connectivity index (χ1n) is 8.84. The van der Waals surface area contributed by atoms with Crippen molar-refractivity contribution in [2.75, 3.05) is 37.6 Å². The Morgan fingerprint density at radius 3 is 2.64 bits per heavy atom. The number of fused-ring (bicyclic) bond motifs is 1. The largest absolute Gasteiger partial charge is 0.345 e. The van der Waals surface area contributed by atoms with Crippen LogP contribution in [-0.2, 0) is 0 Å². The molecule has 0 aliphatic carbocycles. The van der Waals surface area contributed by atoms with E-state index in [4.69, 9.17) is 4.98 Å². The number of nitrogens with zero attached hydrogens (tertiary/aromatic N) is 3. The molecule has 4 heteroatoms. The van der Waals surface area contributed by atoms with E-state index in [2.05, 4.69) is 77.4 Å². The number of piperazine rings is 1. The lowest BCUT2D eigenvalue weighted by Gasteiger charge is -2.33. The van der Waals surface area contributed by atoms with Gasteiger partial charge in [-0.1, -0.05) is 59.9 Å². The molecular weight excluding hydrogens is 326 g/mol. The highest BCUT2D eigenvalue weighted by Crippen LogP contribution is 2.30. The highest BCUT2D eigenvalue weighted by atomic mass is 32.1. The Morgan fingerprint density at radius 2 is 1.84 bits per heavy atom. The van der Waals surface area contributed by atoms with Gasteiger partial charge in [0.05, 0.1) is 10.2 Å². The Morgan fingerprint density at radius 1 is 1.04 bits per heavy atom. The third-order valence-corrected chi connectivity index (χ3v) is 5.73. The molecule has 0 N–H and O–H groups in total. The maximum absolute atomic E-state index is 4.82. The Balaban J connectivity index is 1.33. The molecule has 4 rings (SSSR count). The number of anilines is 1. The molecule has 1 aliphatic heterocycles. The molecule has 3 nitrogen and oxygen atoms in total. The molecule has 0 atom stereocenters. The number of rotatable bonds is 4. The molecule has 0 spiro atoms. The molecule has 1 aromatic heterocycles. The minimum Gasteiger partial charge on any atom is -0.345 e. The van der Waals surface area contributed by atoms with Gasteiger partial charge in [-0.3, -0.25) is 4.90 Å². The van der Waals surface area contributed by atoms with E-state index in [0.29, 0.717) is 0 Å². The van der Waals surface area contributed by atoms with Gasteiger partial charge in [0.15, 0.2) is 5.13 Å². The summed E-state index contributed by atoms with van der Waals surface area (Å²) in [6.07, 6.45) is 4.48. The van der Waals surface area contributed by atoms with Crippen molar-refractivity contribution in [2.24, 2.45) is 0 Å². The fourth-order valence-corrected chi connectivity index (χ4v) is 4.29. The van der Waals surface area contributed by atoms with Crippen molar-refractivity contribution < 1.29 is 0 Å². The summed E-state index contributed by atoms with van der Waals surface area (Å²) >= 11 is 1.82. The van der Waals surface area contributed by atoms with Gasteiger partial charge in [-0.15, -0.1) is 0 Å². The molecule has 25 heavy (non-hydrogen) atoms. The van der Waals surface area contributed by atoms with Crippen LogP contribution in [0.15, 0.2) is 54.6 Å². The second kappa shape index (κ2) is 7.38. The van der Waals surface area contributed by atoms with Gasteiger partial charge in [-0.05, 0) is 30.2 Å². The van der Waals surface area contributed by atoms with Gasteiger partial charge in [0.2, 0.25) is 0 Å². The smallest absolute Gasteiger partial charge is 0.186 e. The van der Waals surface area contributed by atoms with E-state index >= 15 is 0 Å². The SMILES string of the molecule is Cc1ccc2nc(N3CCN(C/C=C/c4ccccc4)CC3)sc2c1. The standard InChI is InChI=1S/C21H23N3S/c1-17-9-10-19-20(16-17)25-21(22-19)24-14-12-23(13-15-24)11-5-8-18-6-3-2-4-7-18/h2-10,16H,11-15H2,1H3/b8-5+. The second-order valence-electron chi connectivity index (χ2n) is 6.57. The number of aryl methyl sites for hydroxylation is 1.